The zero-order valence-electron chi connectivity index (χ0n) is 10.5. The molecule has 6 heteroatoms. The van der Waals surface area contributed by atoms with E-state index in [1.807, 2.05) is 36.4 Å². The predicted octanol–water partition coefficient (Wildman–Crippen LogP) is 1.11. The molecule has 0 bridgehead atoms. The minimum absolute atomic E-state index is 0.0294. The van der Waals surface area contributed by atoms with Gasteiger partial charge < -0.3 is 5.73 Å². The highest BCUT2D eigenvalue weighted by Gasteiger charge is 2.22. The summed E-state index contributed by atoms with van der Waals surface area (Å²) in [6.07, 6.45) is 1.26. The SMILES string of the molecule is CC(N)C(c1cccs1)N(C)CCS(C)(=O)=O. The van der Waals surface area contributed by atoms with E-state index in [1.165, 1.54) is 11.1 Å². The van der Waals surface area contributed by atoms with Crippen molar-refractivity contribution in [2.75, 3.05) is 25.6 Å². The fraction of sp³-hybridized carbons (Fsp3) is 0.636. The lowest BCUT2D eigenvalue weighted by Gasteiger charge is -2.30. The number of sulfone groups is 1. The molecule has 1 aromatic rings. The van der Waals surface area contributed by atoms with Gasteiger partial charge in [-0.1, -0.05) is 6.07 Å². The van der Waals surface area contributed by atoms with Crippen LogP contribution in [-0.2, 0) is 9.84 Å². The molecule has 17 heavy (non-hydrogen) atoms. The minimum atomic E-state index is -2.93. The second-order valence-electron chi connectivity index (χ2n) is 4.43. The maximum atomic E-state index is 11.2. The molecule has 0 fully saturated rings. The summed E-state index contributed by atoms with van der Waals surface area (Å²) in [4.78, 5) is 3.19. The highest BCUT2D eigenvalue weighted by molar-refractivity contribution is 7.90. The highest BCUT2D eigenvalue weighted by Crippen LogP contribution is 2.26. The zero-order chi connectivity index (χ0) is 13.1. The van der Waals surface area contributed by atoms with Crippen LogP contribution >= 0.6 is 11.3 Å². The van der Waals surface area contributed by atoms with E-state index in [9.17, 15) is 8.42 Å². The smallest absolute Gasteiger partial charge is 0.148 e. The molecule has 2 N–H and O–H groups in total. The summed E-state index contributed by atoms with van der Waals surface area (Å²) >= 11 is 1.65. The standard InChI is InChI=1S/C11H20N2O2S2/c1-9(12)11(10-5-4-7-16-10)13(2)6-8-17(3,14)15/h4-5,7,9,11H,6,8,12H2,1-3H3. The third-order valence-corrected chi connectivity index (χ3v) is 4.49. The summed E-state index contributed by atoms with van der Waals surface area (Å²) in [5.74, 6) is 0.165. The van der Waals surface area contributed by atoms with Gasteiger partial charge in [-0.2, -0.15) is 0 Å². The molecule has 2 atom stereocenters. The summed E-state index contributed by atoms with van der Waals surface area (Å²) in [6, 6.07) is 4.07. The van der Waals surface area contributed by atoms with Crippen LogP contribution in [0.5, 0.6) is 0 Å². The van der Waals surface area contributed by atoms with Gasteiger partial charge in [-0.15, -0.1) is 11.3 Å². The van der Waals surface area contributed by atoms with Crippen LogP contribution in [-0.4, -0.2) is 45.0 Å². The second-order valence-corrected chi connectivity index (χ2v) is 7.67. The molecule has 0 saturated heterocycles. The number of rotatable bonds is 6. The van der Waals surface area contributed by atoms with E-state index in [-0.39, 0.29) is 17.8 Å². The van der Waals surface area contributed by atoms with Gasteiger partial charge in [-0.05, 0) is 25.4 Å². The van der Waals surface area contributed by atoms with Crippen molar-refractivity contribution in [2.45, 2.75) is 19.0 Å². The molecule has 0 spiro atoms. The Balaban J connectivity index is 2.72. The van der Waals surface area contributed by atoms with E-state index < -0.39 is 9.84 Å². The van der Waals surface area contributed by atoms with Gasteiger partial charge >= 0.3 is 0 Å². The van der Waals surface area contributed by atoms with Gasteiger partial charge in [0.2, 0.25) is 0 Å². The zero-order valence-corrected chi connectivity index (χ0v) is 12.1. The van der Waals surface area contributed by atoms with Crippen molar-refractivity contribution in [1.82, 2.24) is 4.90 Å². The summed E-state index contributed by atoms with van der Waals surface area (Å²) in [5.41, 5.74) is 5.98. The third kappa shape index (κ3) is 4.75. The molecular formula is C11H20N2O2S2. The van der Waals surface area contributed by atoms with Gasteiger partial charge in [-0.25, -0.2) is 8.42 Å². The summed E-state index contributed by atoms with van der Waals surface area (Å²) in [5, 5.41) is 2.01. The molecule has 0 aromatic carbocycles. The van der Waals surface area contributed by atoms with Crippen LogP contribution in [0.15, 0.2) is 17.5 Å². The van der Waals surface area contributed by atoms with Crippen LogP contribution in [0.1, 0.15) is 17.8 Å². The van der Waals surface area contributed by atoms with Crippen LogP contribution in [0.2, 0.25) is 0 Å². The third-order valence-electron chi connectivity index (χ3n) is 2.62. The largest absolute Gasteiger partial charge is 0.326 e. The number of likely N-dealkylation sites (N-methyl/N-ethyl adjacent to an activating group) is 1. The normalized spacial score (nSPS) is 16.1. The molecule has 4 nitrogen and oxygen atoms in total. The molecule has 0 saturated carbocycles. The summed E-state index contributed by atoms with van der Waals surface area (Å²) < 4.78 is 22.3. The molecule has 0 amide bonds. The van der Waals surface area contributed by atoms with Gasteiger partial charge in [0, 0.05) is 23.7 Å². The van der Waals surface area contributed by atoms with E-state index in [4.69, 9.17) is 5.73 Å². The molecule has 0 radical (unpaired) electrons. The Bertz CT molecular complexity index is 426. The number of thiophene rings is 1. The number of nitrogens with two attached hydrogens (primary N) is 1. The molecule has 1 rings (SSSR count). The Morgan fingerprint density at radius 2 is 2.18 bits per heavy atom. The Kier molecular flexibility index (Phi) is 5.12. The van der Waals surface area contributed by atoms with E-state index >= 15 is 0 Å². The van der Waals surface area contributed by atoms with Gasteiger partial charge in [0.05, 0.1) is 11.8 Å². The van der Waals surface area contributed by atoms with E-state index in [0.717, 1.165) is 0 Å². The molecule has 98 valence electrons. The van der Waals surface area contributed by atoms with Crippen molar-refractivity contribution in [3.8, 4) is 0 Å². The lowest BCUT2D eigenvalue weighted by atomic mass is 10.1. The lowest BCUT2D eigenvalue weighted by Crippen LogP contribution is -2.38. The first-order valence-corrected chi connectivity index (χ1v) is 8.42. The first kappa shape index (κ1) is 14.6. The van der Waals surface area contributed by atoms with Gasteiger partial charge in [0.25, 0.3) is 0 Å². The van der Waals surface area contributed by atoms with Crippen LogP contribution in [0.4, 0.5) is 0 Å². The highest BCUT2D eigenvalue weighted by atomic mass is 32.2. The Morgan fingerprint density at radius 1 is 1.53 bits per heavy atom. The van der Waals surface area contributed by atoms with Crippen LogP contribution in [0.3, 0.4) is 0 Å². The van der Waals surface area contributed by atoms with Crippen LogP contribution in [0.25, 0.3) is 0 Å². The van der Waals surface area contributed by atoms with Crippen molar-refractivity contribution in [3.05, 3.63) is 22.4 Å². The topological polar surface area (TPSA) is 63.4 Å². The van der Waals surface area contributed by atoms with Gasteiger partial charge in [0.1, 0.15) is 9.84 Å². The molecule has 0 aliphatic heterocycles. The molecule has 0 aliphatic rings. The van der Waals surface area contributed by atoms with Crippen LogP contribution < -0.4 is 5.73 Å². The minimum Gasteiger partial charge on any atom is -0.326 e. The quantitative estimate of drug-likeness (QED) is 0.845. The molecule has 0 aliphatic carbocycles. The average Bonchev–Trinajstić information content (AvgIpc) is 2.66. The average molecular weight is 276 g/mol. The van der Waals surface area contributed by atoms with Crippen molar-refractivity contribution in [3.63, 3.8) is 0 Å². The van der Waals surface area contributed by atoms with E-state index in [2.05, 4.69) is 0 Å². The van der Waals surface area contributed by atoms with Crippen molar-refractivity contribution < 1.29 is 8.42 Å². The fourth-order valence-corrected chi connectivity index (χ4v) is 3.41. The van der Waals surface area contributed by atoms with Gasteiger partial charge in [0.15, 0.2) is 0 Å². The number of hydrogen-bond donors (Lipinski definition) is 1. The van der Waals surface area contributed by atoms with Crippen molar-refractivity contribution in [2.24, 2.45) is 5.73 Å². The fourth-order valence-electron chi connectivity index (χ4n) is 1.79. The predicted molar refractivity (Wildman–Crippen MR) is 73.1 cm³/mol. The van der Waals surface area contributed by atoms with Crippen LogP contribution in [0, 0.1) is 0 Å². The first-order valence-electron chi connectivity index (χ1n) is 5.48. The van der Waals surface area contributed by atoms with Crippen molar-refractivity contribution in [1.29, 1.82) is 0 Å². The monoisotopic (exact) mass is 276 g/mol. The maximum absolute atomic E-state index is 11.2. The number of hydrogen-bond acceptors (Lipinski definition) is 5. The molecule has 2 unspecified atom stereocenters. The Labute approximate surface area is 107 Å². The number of nitrogens with zero attached hydrogens (tertiary/aromatic N) is 1. The Hall–Kier alpha value is -0.430. The summed E-state index contributed by atoms with van der Waals surface area (Å²) in [7, 11) is -1.01. The lowest BCUT2D eigenvalue weighted by molar-refractivity contribution is 0.234. The first-order chi connectivity index (χ1) is 7.81. The van der Waals surface area contributed by atoms with Crippen molar-refractivity contribution >= 4 is 21.2 Å². The summed E-state index contributed by atoms with van der Waals surface area (Å²) in [6.45, 7) is 2.45. The Morgan fingerprint density at radius 3 is 2.59 bits per heavy atom. The molecule has 1 heterocycles. The maximum Gasteiger partial charge on any atom is 0.148 e. The molecule has 1 aromatic heterocycles. The van der Waals surface area contributed by atoms with Gasteiger partial charge in [-0.3, -0.25) is 4.90 Å². The molecular weight excluding hydrogens is 256 g/mol. The van der Waals surface area contributed by atoms with E-state index in [0.29, 0.717) is 6.54 Å². The second kappa shape index (κ2) is 5.95. The van der Waals surface area contributed by atoms with E-state index in [1.54, 1.807) is 11.3 Å².